The zero-order valence-corrected chi connectivity index (χ0v) is 10.4. The average molecular weight is 276 g/mol. The lowest BCUT2D eigenvalue weighted by molar-refractivity contribution is -0.137. The second-order valence-corrected chi connectivity index (χ2v) is 4.24. The van der Waals surface area contributed by atoms with Crippen LogP contribution in [-0.4, -0.2) is 0 Å². The summed E-state index contributed by atoms with van der Waals surface area (Å²) in [6, 6.07) is 13.9. The molecule has 0 aliphatic heterocycles. The van der Waals surface area contributed by atoms with Gasteiger partial charge in [0.1, 0.15) is 0 Å². The van der Waals surface area contributed by atoms with Gasteiger partial charge in [-0.05, 0) is 42.0 Å². The smallest absolute Gasteiger partial charge is 0.381 e. The molecule has 0 saturated carbocycles. The van der Waals surface area contributed by atoms with Crippen LogP contribution in [0.3, 0.4) is 0 Å². The van der Waals surface area contributed by atoms with Crippen LogP contribution in [0.2, 0.25) is 0 Å². The summed E-state index contributed by atoms with van der Waals surface area (Å²) in [5.74, 6) is 0. The molecule has 0 aliphatic rings. The van der Waals surface area contributed by atoms with E-state index < -0.39 is 11.7 Å². The van der Waals surface area contributed by atoms with Crippen LogP contribution >= 0.6 is 0 Å². The second kappa shape index (κ2) is 5.66. The van der Waals surface area contributed by atoms with Crippen molar-refractivity contribution in [1.82, 2.24) is 0 Å². The summed E-state index contributed by atoms with van der Waals surface area (Å²) < 4.78 is 37.2. The number of nitrogens with one attached hydrogen (secondary N) is 1. The third-order valence-corrected chi connectivity index (χ3v) is 2.79. The fourth-order valence-corrected chi connectivity index (χ4v) is 1.68. The van der Waals surface area contributed by atoms with Crippen LogP contribution in [0.25, 0.3) is 0 Å². The Kier molecular flexibility index (Phi) is 3.94. The van der Waals surface area contributed by atoms with Crippen LogP contribution in [0.5, 0.6) is 0 Å². The van der Waals surface area contributed by atoms with Crippen molar-refractivity contribution >= 4 is 5.69 Å². The van der Waals surface area contributed by atoms with Crippen molar-refractivity contribution in [3.63, 3.8) is 0 Å². The summed E-state index contributed by atoms with van der Waals surface area (Å²) in [5, 5.41) is 11.7. The topological polar surface area (TPSA) is 35.8 Å². The molecule has 2 aromatic carbocycles. The molecule has 0 bridgehead atoms. The molecule has 0 saturated heterocycles. The maximum atomic E-state index is 12.4. The van der Waals surface area contributed by atoms with Gasteiger partial charge in [-0.15, -0.1) is 0 Å². The minimum absolute atomic E-state index is 0.421. The van der Waals surface area contributed by atoms with Crippen molar-refractivity contribution in [1.29, 1.82) is 5.26 Å². The second-order valence-electron chi connectivity index (χ2n) is 4.24. The van der Waals surface area contributed by atoms with Crippen LogP contribution in [0.15, 0.2) is 48.5 Å². The molecule has 5 heteroatoms. The van der Waals surface area contributed by atoms with Gasteiger partial charge >= 0.3 is 6.18 Å². The molecule has 0 amide bonds. The quantitative estimate of drug-likeness (QED) is 0.912. The molecular formula is C15H11F3N2. The zero-order valence-electron chi connectivity index (χ0n) is 10.4. The lowest BCUT2D eigenvalue weighted by atomic mass is 10.1. The Hall–Kier alpha value is -2.48. The highest BCUT2D eigenvalue weighted by atomic mass is 19.4. The van der Waals surface area contributed by atoms with Gasteiger partial charge < -0.3 is 5.32 Å². The van der Waals surface area contributed by atoms with E-state index in [0.717, 1.165) is 23.4 Å². The summed E-state index contributed by atoms with van der Waals surface area (Å²) in [7, 11) is 0. The van der Waals surface area contributed by atoms with Crippen molar-refractivity contribution in [3.05, 3.63) is 65.2 Å². The maximum Gasteiger partial charge on any atom is 0.416 e. The minimum Gasteiger partial charge on any atom is -0.381 e. The number of hydrogen-bond donors (Lipinski definition) is 1. The number of rotatable bonds is 3. The number of alkyl halides is 3. The van der Waals surface area contributed by atoms with E-state index >= 15 is 0 Å². The number of benzene rings is 2. The fourth-order valence-electron chi connectivity index (χ4n) is 1.68. The van der Waals surface area contributed by atoms with Crippen molar-refractivity contribution in [2.45, 2.75) is 12.7 Å². The first-order valence-corrected chi connectivity index (χ1v) is 5.89. The predicted octanol–water partition coefficient (Wildman–Crippen LogP) is 4.19. The SMILES string of the molecule is N#Cc1ccc(NCc2ccc(C(F)(F)F)cc2)cc1. The van der Waals surface area contributed by atoms with Gasteiger partial charge in [0.15, 0.2) is 0 Å². The third kappa shape index (κ3) is 3.51. The van der Waals surface area contributed by atoms with E-state index in [0.29, 0.717) is 12.1 Å². The van der Waals surface area contributed by atoms with Crippen molar-refractivity contribution in [3.8, 4) is 6.07 Å². The molecule has 0 spiro atoms. The van der Waals surface area contributed by atoms with Gasteiger partial charge in [-0.2, -0.15) is 18.4 Å². The highest BCUT2D eigenvalue weighted by Crippen LogP contribution is 2.29. The fraction of sp³-hybridized carbons (Fsp3) is 0.133. The van der Waals surface area contributed by atoms with Crippen LogP contribution in [-0.2, 0) is 12.7 Å². The van der Waals surface area contributed by atoms with Crippen LogP contribution < -0.4 is 5.32 Å². The Balaban J connectivity index is 1.98. The first-order valence-electron chi connectivity index (χ1n) is 5.89. The summed E-state index contributed by atoms with van der Waals surface area (Å²) >= 11 is 0. The Morgan fingerprint density at radius 1 is 0.950 bits per heavy atom. The molecule has 0 aliphatic carbocycles. The molecule has 0 radical (unpaired) electrons. The van der Waals surface area contributed by atoms with Gasteiger partial charge in [-0.25, -0.2) is 0 Å². The number of hydrogen-bond acceptors (Lipinski definition) is 2. The van der Waals surface area contributed by atoms with E-state index in [1.54, 1.807) is 24.3 Å². The number of anilines is 1. The minimum atomic E-state index is -4.31. The molecule has 20 heavy (non-hydrogen) atoms. The zero-order chi connectivity index (χ0) is 14.6. The molecule has 102 valence electrons. The van der Waals surface area contributed by atoms with Crippen LogP contribution in [0, 0.1) is 11.3 Å². The Labute approximate surface area is 114 Å². The van der Waals surface area contributed by atoms with E-state index in [9.17, 15) is 13.2 Å². The Bertz CT molecular complexity index is 608. The predicted molar refractivity (Wildman–Crippen MR) is 69.9 cm³/mol. The largest absolute Gasteiger partial charge is 0.416 e. The van der Waals surface area contributed by atoms with Crippen LogP contribution in [0.4, 0.5) is 18.9 Å². The molecule has 0 aromatic heterocycles. The number of nitrogens with zero attached hydrogens (tertiary/aromatic N) is 1. The van der Waals surface area contributed by atoms with Crippen LogP contribution in [0.1, 0.15) is 16.7 Å². The molecule has 1 N–H and O–H groups in total. The Morgan fingerprint density at radius 2 is 1.55 bits per heavy atom. The average Bonchev–Trinajstić information content (AvgIpc) is 2.45. The molecule has 0 atom stereocenters. The van der Waals surface area contributed by atoms with E-state index in [4.69, 9.17) is 5.26 Å². The van der Waals surface area contributed by atoms with E-state index in [1.807, 2.05) is 6.07 Å². The highest BCUT2D eigenvalue weighted by Gasteiger charge is 2.29. The third-order valence-electron chi connectivity index (χ3n) is 2.79. The lowest BCUT2D eigenvalue weighted by Gasteiger charge is -2.09. The highest BCUT2D eigenvalue weighted by molar-refractivity contribution is 5.47. The molecule has 2 nitrogen and oxygen atoms in total. The van der Waals surface area contributed by atoms with Crippen molar-refractivity contribution < 1.29 is 13.2 Å². The van der Waals surface area contributed by atoms with Gasteiger partial charge in [0, 0.05) is 12.2 Å². The molecule has 0 fully saturated rings. The first-order chi connectivity index (χ1) is 9.49. The summed E-state index contributed by atoms with van der Waals surface area (Å²) in [4.78, 5) is 0. The van der Waals surface area contributed by atoms with Crippen molar-refractivity contribution in [2.75, 3.05) is 5.32 Å². The summed E-state index contributed by atoms with van der Waals surface area (Å²) in [6.45, 7) is 0.421. The molecule has 0 unspecified atom stereocenters. The van der Waals surface area contributed by atoms with Gasteiger partial charge in [-0.1, -0.05) is 12.1 Å². The van der Waals surface area contributed by atoms with E-state index in [-0.39, 0.29) is 0 Å². The standard InChI is InChI=1S/C15H11F3N2/c16-15(17,18)13-5-1-12(2-6-13)10-20-14-7-3-11(9-19)4-8-14/h1-8,20H,10H2. The monoisotopic (exact) mass is 276 g/mol. The lowest BCUT2D eigenvalue weighted by Crippen LogP contribution is -2.05. The molecule has 2 rings (SSSR count). The van der Waals surface area contributed by atoms with Gasteiger partial charge in [-0.3, -0.25) is 0 Å². The first kappa shape index (κ1) is 13.9. The van der Waals surface area contributed by atoms with Gasteiger partial charge in [0.2, 0.25) is 0 Å². The van der Waals surface area contributed by atoms with E-state index in [1.165, 1.54) is 12.1 Å². The van der Waals surface area contributed by atoms with Gasteiger partial charge in [0.05, 0.1) is 17.2 Å². The van der Waals surface area contributed by atoms with E-state index in [2.05, 4.69) is 5.32 Å². The molecule has 2 aromatic rings. The number of halogens is 3. The van der Waals surface area contributed by atoms with Gasteiger partial charge in [0.25, 0.3) is 0 Å². The summed E-state index contributed by atoms with van der Waals surface area (Å²) in [5.41, 5.74) is 1.47. The number of nitriles is 1. The maximum absolute atomic E-state index is 12.4. The van der Waals surface area contributed by atoms with Crippen molar-refractivity contribution in [2.24, 2.45) is 0 Å². The Morgan fingerprint density at radius 3 is 2.05 bits per heavy atom. The molecule has 0 heterocycles. The molecular weight excluding hydrogens is 265 g/mol. The normalized spacial score (nSPS) is 10.9. The summed E-state index contributed by atoms with van der Waals surface area (Å²) in [6.07, 6.45) is -4.31.